The molecule has 1 atom stereocenters. The van der Waals surface area contributed by atoms with Crippen LogP contribution in [0.3, 0.4) is 0 Å². The summed E-state index contributed by atoms with van der Waals surface area (Å²) < 4.78 is 16.7. The van der Waals surface area contributed by atoms with E-state index in [0.717, 1.165) is 116 Å². The number of allylic oxidation sites excluding steroid dienone is 20. The summed E-state index contributed by atoms with van der Waals surface area (Å²) in [5.41, 5.74) is 0. The van der Waals surface area contributed by atoms with Crippen molar-refractivity contribution in [1.82, 2.24) is 0 Å². The Morgan fingerprint density at radius 3 is 0.954 bits per heavy atom. The summed E-state index contributed by atoms with van der Waals surface area (Å²) in [4.78, 5) is 38.0. The molecule has 0 fully saturated rings. The lowest BCUT2D eigenvalue weighted by molar-refractivity contribution is -0.166. The average Bonchev–Trinajstić information content (AvgIpc) is 3.30. The van der Waals surface area contributed by atoms with Gasteiger partial charge in [0.25, 0.3) is 0 Å². The Labute approximate surface area is 399 Å². The highest BCUT2D eigenvalue weighted by molar-refractivity contribution is 5.71. The molecular weight excluding hydrogens is 805 g/mol. The monoisotopic (exact) mass is 899 g/mol. The van der Waals surface area contributed by atoms with E-state index >= 15 is 0 Å². The minimum Gasteiger partial charge on any atom is -0.462 e. The molecule has 0 radical (unpaired) electrons. The minimum absolute atomic E-state index is 0.112. The number of ether oxygens (including phenoxy) is 3. The molecule has 1 unspecified atom stereocenters. The lowest BCUT2D eigenvalue weighted by Gasteiger charge is -2.18. The first-order valence-electron chi connectivity index (χ1n) is 26.0. The van der Waals surface area contributed by atoms with Crippen molar-refractivity contribution in [3.63, 3.8) is 0 Å². The Hall–Kier alpha value is -4.19. The van der Waals surface area contributed by atoms with Crippen LogP contribution in [0.15, 0.2) is 122 Å². The van der Waals surface area contributed by atoms with E-state index in [9.17, 15) is 14.4 Å². The van der Waals surface area contributed by atoms with Gasteiger partial charge in [-0.05, 0) is 109 Å². The summed E-state index contributed by atoms with van der Waals surface area (Å²) in [6, 6.07) is 0. The minimum atomic E-state index is -0.819. The molecule has 0 aromatic heterocycles. The molecule has 0 aromatic rings. The summed E-state index contributed by atoms with van der Waals surface area (Å²) in [6.45, 7) is 6.22. The van der Waals surface area contributed by atoms with E-state index in [0.29, 0.717) is 19.3 Å². The normalized spacial score (nSPS) is 13.1. The molecule has 0 aromatic carbocycles. The van der Waals surface area contributed by atoms with Gasteiger partial charge in [0.15, 0.2) is 6.10 Å². The zero-order chi connectivity index (χ0) is 47.2. The lowest BCUT2D eigenvalue weighted by Crippen LogP contribution is -2.30. The van der Waals surface area contributed by atoms with Crippen LogP contribution >= 0.6 is 0 Å². The Kier molecular flexibility index (Phi) is 49.1. The number of carbonyl (C=O) groups excluding carboxylic acids is 3. The third kappa shape index (κ3) is 50.7. The van der Waals surface area contributed by atoms with Gasteiger partial charge in [-0.25, -0.2) is 0 Å². The summed E-state index contributed by atoms with van der Waals surface area (Å²) in [7, 11) is 0. The molecule has 0 aliphatic heterocycles. The number of esters is 3. The Balaban J connectivity index is 4.53. The van der Waals surface area contributed by atoms with Crippen LogP contribution in [0.25, 0.3) is 0 Å². The predicted molar refractivity (Wildman–Crippen MR) is 279 cm³/mol. The van der Waals surface area contributed by atoms with E-state index in [1.165, 1.54) is 51.4 Å². The first kappa shape index (κ1) is 60.8. The van der Waals surface area contributed by atoms with Gasteiger partial charge in [-0.3, -0.25) is 14.4 Å². The molecule has 6 heteroatoms. The Bertz CT molecular complexity index is 1400. The standard InChI is InChI=1S/C59H94O6/c1-4-7-10-13-16-19-22-25-28-29-30-31-32-35-37-40-43-46-49-52-58(61)64-55-56(65-59(62)53-50-47-44-41-38-34-27-24-21-18-15-12-9-6-3)54-63-57(60)51-48-45-42-39-36-33-26-23-20-17-14-11-8-5-2/h7-12,16-21,25,28,30-31,35,37,43,46,56H,4-6,13-15,22-24,26-27,29,32-34,36,38-42,44-45,47-55H2,1-3H3/b10-7-,11-8-,12-9-,19-16-,20-17-,21-18-,28-25-,31-30-,37-35-,46-43-. The van der Waals surface area contributed by atoms with Crippen LogP contribution in [-0.2, 0) is 28.6 Å². The van der Waals surface area contributed by atoms with Crippen molar-refractivity contribution in [3.8, 4) is 0 Å². The van der Waals surface area contributed by atoms with E-state index < -0.39 is 6.10 Å². The number of unbranched alkanes of at least 4 members (excludes halogenated alkanes) is 14. The highest BCUT2D eigenvalue weighted by Gasteiger charge is 2.19. The first-order valence-corrected chi connectivity index (χ1v) is 26.0. The van der Waals surface area contributed by atoms with Crippen molar-refractivity contribution in [2.75, 3.05) is 13.2 Å². The molecule has 0 bridgehead atoms. The van der Waals surface area contributed by atoms with E-state index in [-0.39, 0.29) is 37.5 Å². The van der Waals surface area contributed by atoms with Gasteiger partial charge in [0, 0.05) is 19.3 Å². The number of carbonyl (C=O) groups is 3. The van der Waals surface area contributed by atoms with Crippen LogP contribution < -0.4 is 0 Å². The van der Waals surface area contributed by atoms with Crippen LogP contribution in [0, 0.1) is 0 Å². The maximum atomic E-state index is 12.8. The summed E-state index contributed by atoms with van der Waals surface area (Å²) in [6.07, 6.45) is 71.9. The third-order valence-corrected chi connectivity index (χ3v) is 10.5. The van der Waals surface area contributed by atoms with E-state index in [4.69, 9.17) is 14.2 Å². The maximum absolute atomic E-state index is 12.8. The fourth-order valence-corrected chi connectivity index (χ4v) is 6.66. The Morgan fingerprint density at radius 2 is 0.585 bits per heavy atom. The zero-order valence-electron chi connectivity index (χ0n) is 41.7. The summed E-state index contributed by atoms with van der Waals surface area (Å²) in [5, 5.41) is 0. The average molecular weight is 899 g/mol. The second kappa shape index (κ2) is 52.4. The van der Waals surface area contributed by atoms with Gasteiger partial charge in [-0.15, -0.1) is 0 Å². The second-order valence-electron chi connectivity index (χ2n) is 16.6. The molecule has 0 aliphatic carbocycles. The van der Waals surface area contributed by atoms with Crippen LogP contribution in [0.1, 0.15) is 213 Å². The quantitative estimate of drug-likeness (QED) is 0.0262. The maximum Gasteiger partial charge on any atom is 0.306 e. The SMILES string of the molecule is CC/C=C\C/C=C\C/C=C\C/C=C\C/C=C\C/C=C\CCC(=O)OCC(COC(=O)CCCCCCCCC/C=C\C/C=C\CC)OC(=O)CCCCCCCCC/C=C\C/C=C\CC. The number of hydrogen-bond acceptors (Lipinski definition) is 6. The van der Waals surface area contributed by atoms with Crippen molar-refractivity contribution in [2.24, 2.45) is 0 Å². The molecule has 366 valence electrons. The molecule has 0 saturated carbocycles. The molecule has 0 heterocycles. The predicted octanol–water partition coefficient (Wildman–Crippen LogP) is 17.3. The molecule has 0 spiro atoms. The smallest absolute Gasteiger partial charge is 0.306 e. The fourth-order valence-electron chi connectivity index (χ4n) is 6.66. The number of hydrogen-bond donors (Lipinski definition) is 0. The molecule has 0 saturated heterocycles. The summed E-state index contributed by atoms with van der Waals surface area (Å²) in [5.74, 6) is -1.02. The van der Waals surface area contributed by atoms with Gasteiger partial charge < -0.3 is 14.2 Å². The Morgan fingerprint density at radius 1 is 0.308 bits per heavy atom. The molecule has 0 amide bonds. The first-order chi connectivity index (χ1) is 32.0. The van der Waals surface area contributed by atoms with Crippen molar-refractivity contribution in [2.45, 2.75) is 219 Å². The van der Waals surface area contributed by atoms with E-state index in [1.807, 2.05) is 12.2 Å². The summed E-state index contributed by atoms with van der Waals surface area (Å²) >= 11 is 0. The van der Waals surface area contributed by atoms with Crippen molar-refractivity contribution in [3.05, 3.63) is 122 Å². The second-order valence-corrected chi connectivity index (χ2v) is 16.6. The highest BCUT2D eigenvalue weighted by Crippen LogP contribution is 2.13. The molecular formula is C59H94O6. The van der Waals surface area contributed by atoms with Crippen molar-refractivity contribution in [1.29, 1.82) is 0 Å². The molecule has 0 rings (SSSR count). The lowest BCUT2D eigenvalue weighted by atomic mass is 10.1. The van der Waals surface area contributed by atoms with Crippen molar-refractivity contribution >= 4 is 17.9 Å². The van der Waals surface area contributed by atoms with Crippen LogP contribution in [0.5, 0.6) is 0 Å². The molecule has 0 N–H and O–H groups in total. The van der Waals surface area contributed by atoms with Gasteiger partial charge in [-0.2, -0.15) is 0 Å². The zero-order valence-corrected chi connectivity index (χ0v) is 41.7. The van der Waals surface area contributed by atoms with Gasteiger partial charge >= 0.3 is 17.9 Å². The molecule has 0 aliphatic rings. The molecule has 6 nitrogen and oxygen atoms in total. The third-order valence-electron chi connectivity index (χ3n) is 10.5. The van der Waals surface area contributed by atoms with Crippen LogP contribution in [-0.4, -0.2) is 37.2 Å². The fraction of sp³-hybridized carbons (Fsp3) is 0.610. The van der Waals surface area contributed by atoms with Gasteiger partial charge in [0.1, 0.15) is 13.2 Å². The largest absolute Gasteiger partial charge is 0.462 e. The van der Waals surface area contributed by atoms with E-state index in [1.54, 1.807) is 0 Å². The van der Waals surface area contributed by atoms with Crippen LogP contribution in [0.2, 0.25) is 0 Å². The number of rotatable bonds is 45. The molecule has 65 heavy (non-hydrogen) atoms. The van der Waals surface area contributed by atoms with Crippen molar-refractivity contribution < 1.29 is 28.6 Å². The van der Waals surface area contributed by atoms with Gasteiger partial charge in [0.05, 0.1) is 0 Å². The van der Waals surface area contributed by atoms with Gasteiger partial charge in [0.2, 0.25) is 0 Å². The van der Waals surface area contributed by atoms with E-state index in [2.05, 4.69) is 130 Å². The van der Waals surface area contributed by atoms with Gasteiger partial charge in [-0.1, -0.05) is 206 Å². The van der Waals surface area contributed by atoms with Crippen LogP contribution in [0.4, 0.5) is 0 Å². The topological polar surface area (TPSA) is 78.9 Å². The highest BCUT2D eigenvalue weighted by atomic mass is 16.6.